The SMILES string of the molecule is Cc1c(O)cccc1C(=O)N(C)CC1CCN(C)C1. The molecule has 1 atom stereocenters. The van der Waals surface area contributed by atoms with E-state index < -0.39 is 0 Å². The first-order chi connectivity index (χ1) is 8.99. The van der Waals surface area contributed by atoms with Gasteiger partial charge in [-0.05, 0) is 45.0 Å². The van der Waals surface area contributed by atoms with Gasteiger partial charge < -0.3 is 14.9 Å². The van der Waals surface area contributed by atoms with Crippen molar-refractivity contribution < 1.29 is 9.90 Å². The first kappa shape index (κ1) is 13.9. The Balaban J connectivity index is 2.04. The van der Waals surface area contributed by atoms with Gasteiger partial charge in [0.15, 0.2) is 0 Å². The average Bonchev–Trinajstić information content (AvgIpc) is 2.77. The second kappa shape index (κ2) is 5.61. The van der Waals surface area contributed by atoms with Gasteiger partial charge in [-0.25, -0.2) is 0 Å². The fourth-order valence-corrected chi connectivity index (χ4v) is 2.71. The molecular weight excluding hydrogens is 240 g/mol. The lowest BCUT2D eigenvalue weighted by Crippen LogP contribution is -2.33. The van der Waals surface area contributed by atoms with E-state index in [1.165, 1.54) is 0 Å². The third-order valence-corrected chi connectivity index (χ3v) is 3.90. The van der Waals surface area contributed by atoms with E-state index >= 15 is 0 Å². The van der Waals surface area contributed by atoms with Gasteiger partial charge in [0, 0.05) is 31.3 Å². The molecule has 104 valence electrons. The molecule has 1 N–H and O–H groups in total. The Morgan fingerprint density at radius 2 is 2.26 bits per heavy atom. The molecule has 1 saturated heterocycles. The number of phenolic OH excluding ortho intramolecular Hbond substituents is 1. The zero-order chi connectivity index (χ0) is 14.0. The van der Waals surface area contributed by atoms with Gasteiger partial charge in [-0.2, -0.15) is 0 Å². The first-order valence-corrected chi connectivity index (χ1v) is 6.71. The molecule has 0 aliphatic carbocycles. The van der Waals surface area contributed by atoms with Crippen LogP contribution < -0.4 is 0 Å². The zero-order valence-corrected chi connectivity index (χ0v) is 11.9. The molecule has 1 aromatic carbocycles. The summed E-state index contributed by atoms with van der Waals surface area (Å²) in [6.07, 6.45) is 1.15. The molecule has 4 heteroatoms. The first-order valence-electron chi connectivity index (χ1n) is 6.71. The lowest BCUT2D eigenvalue weighted by molar-refractivity contribution is 0.0773. The van der Waals surface area contributed by atoms with Crippen LogP contribution >= 0.6 is 0 Å². The Morgan fingerprint density at radius 3 is 2.89 bits per heavy atom. The molecule has 0 aromatic heterocycles. The van der Waals surface area contributed by atoms with E-state index in [4.69, 9.17) is 0 Å². The number of likely N-dealkylation sites (tertiary alicyclic amines) is 1. The summed E-state index contributed by atoms with van der Waals surface area (Å²) in [5.41, 5.74) is 1.25. The van der Waals surface area contributed by atoms with Crippen LogP contribution in [-0.2, 0) is 0 Å². The van der Waals surface area contributed by atoms with Crippen molar-refractivity contribution >= 4 is 5.91 Å². The normalized spacial score (nSPS) is 19.6. The van der Waals surface area contributed by atoms with Crippen molar-refractivity contribution in [1.29, 1.82) is 0 Å². The second-order valence-corrected chi connectivity index (χ2v) is 5.55. The summed E-state index contributed by atoms with van der Waals surface area (Å²) in [5, 5.41) is 9.67. The number of benzene rings is 1. The molecule has 0 spiro atoms. The lowest BCUT2D eigenvalue weighted by Gasteiger charge is -2.22. The minimum Gasteiger partial charge on any atom is -0.508 e. The molecule has 1 amide bonds. The second-order valence-electron chi connectivity index (χ2n) is 5.55. The van der Waals surface area contributed by atoms with E-state index in [1.807, 2.05) is 7.05 Å². The smallest absolute Gasteiger partial charge is 0.254 e. The van der Waals surface area contributed by atoms with E-state index in [0.717, 1.165) is 26.1 Å². The van der Waals surface area contributed by atoms with Crippen molar-refractivity contribution in [3.8, 4) is 5.75 Å². The molecule has 0 radical (unpaired) electrons. The Bertz CT molecular complexity index is 473. The number of amides is 1. The van der Waals surface area contributed by atoms with Gasteiger partial charge in [0.05, 0.1) is 0 Å². The highest BCUT2D eigenvalue weighted by molar-refractivity contribution is 5.96. The topological polar surface area (TPSA) is 43.8 Å². The maximum absolute atomic E-state index is 12.4. The molecular formula is C15H22N2O2. The Morgan fingerprint density at radius 1 is 1.53 bits per heavy atom. The molecule has 1 fully saturated rings. The van der Waals surface area contributed by atoms with Crippen molar-refractivity contribution in [2.75, 3.05) is 33.7 Å². The maximum Gasteiger partial charge on any atom is 0.254 e. The predicted molar refractivity (Wildman–Crippen MR) is 75.4 cm³/mol. The molecule has 1 aromatic rings. The summed E-state index contributed by atoms with van der Waals surface area (Å²) < 4.78 is 0. The van der Waals surface area contributed by atoms with Gasteiger partial charge in [0.1, 0.15) is 5.75 Å². The van der Waals surface area contributed by atoms with E-state index in [2.05, 4.69) is 11.9 Å². The van der Waals surface area contributed by atoms with E-state index in [-0.39, 0.29) is 11.7 Å². The van der Waals surface area contributed by atoms with Gasteiger partial charge in [-0.1, -0.05) is 6.07 Å². The summed E-state index contributed by atoms with van der Waals surface area (Å²) in [7, 11) is 3.95. The van der Waals surface area contributed by atoms with Crippen molar-refractivity contribution in [3.63, 3.8) is 0 Å². The van der Waals surface area contributed by atoms with Crippen LogP contribution in [0.1, 0.15) is 22.3 Å². The number of hydrogen-bond donors (Lipinski definition) is 1. The van der Waals surface area contributed by atoms with Gasteiger partial charge >= 0.3 is 0 Å². The van der Waals surface area contributed by atoms with Gasteiger partial charge in [-0.15, -0.1) is 0 Å². The molecule has 1 unspecified atom stereocenters. The monoisotopic (exact) mass is 262 g/mol. The summed E-state index contributed by atoms with van der Waals surface area (Å²) in [5.74, 6) is 0.722. The van der Waals surface area contributed by atoms with Gasteiger partial charge in [0.25, 0.3) is 5.91 Å². The highest BCUT2D eigenvalue weighted by Gasteiger charge is 2.23. The number of hydrogen-bond acceptors (Lipinski definition) is 3. The molecule has 1 aliphatic heterocycles. The number of rotatable bonds is 3. The minimum absolute atomic E-state index is 0.0112. The minimum atomic E-state index is -0.0112. The highest BCUT2D eigenvalue weighted by atomic mass is 16.3. The van der Waals surface area contributed by atoms with Crippen LogP contribution in [0, 0.1) is 12.8 Å². The molecule has 0 bridgehead atoms. The van der Waals surface area contributed by atoms with Crippen LogP contribution in [0.25, 0.3) is 0 Å². The summed E-state index contributed by atoms with van der Waals surface area (Å²) in [4.78, 5) is 16.5. The quantitative estimate of drug-likeness (QED) is 0.902. The van der Waals surface area contributed by atoms with Crippen molar-refractivity contribution in [2.24, 2.45) is 5.92 Å². The average molecular weight is 262 g/mol. The summed E-state index contributed by atoms with van der Waals surface area (Å²) in [6.45, 7) is 4.71. The van der Waals surface area contributed by atoms with E-state index in [1.54, 1.807) is 30.0 Å². The van der Waals surface area contributed by atoms with Crippen molar-refractivity contribution in [1.82, 2.24) is 9.80 Å². The van der Waals surface area contributed by atoms with Crippen LogP contribution in [-0.4, -0.2) is 54.5 Å². The number of carbonyl (C=O) groups is 1. The van der Waals surface area contributed by atoms with Crippen molar-refractivity contribution in [3.05, 3.63) is 29.3 Å². The van der Waals surface area contributed by atoms with Crippen LogP contribution in [0.15, 0.2) is 18.2 Å². The Hall–Kier alpha value is -1.55. The lowest BCUT2D eigenvalue weighted by atomic mass is 10.0. The van der Waals surface area contributed by atoms with E-state index in [0.29, 0.717) is 17.0 Å². The molecule has 4 nitrogen and oxygen atoms in total. The molecule has 1 heterocycles. The number of aromatic hydroxyl groups is 1. The largest absolute Gasteiger partial charge is 0.508 e. The standard InChI is InChI=1S/C15H22N2O2/c1-11-13(5-4-6-14(11)18)15(19)17(3)10-12-7-8-16(2)9-12/h4-6,12,18H,7-10H2,1-3H3. The van der Waals surface area contributed by atoms with Gasteiger partial charge in [0.2, 0.25) is 0 Å². The zero-order valence-electron chi connectivity index (χ0n) is 11.9. The fraction of sp³-hybridized carbons (Fsp3) is 0.533. The van der Waals surface area contributed by atoms with Crippen LogP contribution in [0.4, 0.5) is 0 Å². The van der Waals surface area contributed by atoms with Crippen molar-refractivity contribution in [2.45, 2.75) is 13.3 Å². The number of carbonyl (C=O) groups excluding carboxylic acids is 1. The summed E-state index contributed by atoms with van der Waals surface area (Å²) in [6, 6.07) is 5.10. The Labute approximate surface area is 114 Å². The van der Waals surface area contributed by atoms with Crippen LogP contribution in [0.5, 0.6) is 5.75 Å². The Kier molecular flexibility index (Phi) is 4.10. The molecule has 2 rings (SSSR count). The van der Waals surface area contributed by atoms with E-state index in [9.17, 15) is 9.90 Å². The third-order valence-electron chi connectivity index (χ3n) is 3.90. The predicted octanol–water partition coefficient (Wildman–Crippen LogP) is 1.72. The summed E-state index contributed by atoms with van der Waals surface area (Å²) >= 11 is 0. The molecule has 0 saturated carbocycles. The number of nitrogens with zero attached hydrogens (tertiary/aromatic N) is 2. The fourth-order valence-electron chi connectivity index (χ4n) is 2.71. The maximum atomic E-state index is 12.4. The number of phenols is 1. The highest BCUT2D eigenvalue weighted by Crippen LogP contribution is 2.22. The van der Waals surface area contributed by atoms with Crippen LogP contribution in [0.3, 0.4) is 0 Å². The third kappa shape index (κ3) is 3.07. The molecule has 1 aliphatic rings. The molecule has 19 heavy (non-hydrogen) atoms. The van der Waals surface area contributed by atoms with Gasteiger partial charge in [-0.3, -0.25) is 4.79 Å². The van der Waals surface area contributed by atoms with Crippen LogP contribution in [0.2, 0.25) is 0 Å².